The van der Waals surface area contributed by atoms with Gasteiger partial charge in [0, 0.05) is 14.2 Å². The van der Waals surface area contributed by atoms with Gasteiger partial charge in [0.05, 0.1) is 18.2 Å². The molecule has 1 rings (SSSR count). The van der Waals surface area contributed by atoms with E-state index in [-0.39, 0.29) is 16.8 Å². The van der Waals surface area contributed by atoms with Crippen LogP contribution >= 0.6 is 11.6 Å². The average molecular weight is 259 g/mol. The molecular formula is C11H15ClN2O3. The van der Waals surface area contributed by atoms with Gasteiger partial charge < -0.3 is 14.7 Å². The molecule has 5 nitrogen and oxygen atoms in total. The summed E-state index contributed by atoms with van der Waals surface area (Å²) in [7, 11) is 3.42. The predicted molar refractivity (Wildman–Crippen MR) is 65.9 cm³/mol. The van der Waals surface area contributed by atoms with Crippen molar-refractivity contribution in [2.45, 2.75) is 13.0 Å². The number of carboxylic acids is 1. The standard InChI is InChI=1S/C11H15ClN2O3/c1-7(6-17-3)14(2)10-5-8(11(15)16)4-9(12)13-10/h4-5,7H,6H2,1-3H3,(H,15,16). The van der Waals surface area contributed by atoms with Crippen molar-refractivity contribution < 1.29 is 14.6 Å². The van der Waals surface area contributed by atoms with E-state index < -0.39 is 5.97 Å². The molecule has 0 aliphatic carbocycles. The summed E-state index contributed by atoms with van der Waals surface area (Å²) >= 11 is 5.79. The maximum Gasteiger partial charge on any atom is 0.335 e. The number of rotatable bonds is 5. The second-order valence-electron chi connectivity index (χ2n) is 3.76. The lowest BCUT2D eigenvalue weighted by atomic mass is 10.2. The van der Waals surface area contributed by atoms with E-state index in [4.69, 9.17) is 21.4 Å². The topological polar surface area (TPSA) is 62.7 Å². The van der Waals surface area contributed by atoms with Crippen molar-refractivity contribution in [1.82, 2.24) is 4.98 Å². The summed E-state index contributed by atoms with van der Waals surface area (Å²) in [4.78, 5) is 16.8. The van der Waals surface area contributed by atoms with Crippen molar-refractivity contribution >= 4 is 23.4 Å². The largest absolute Gasteiger partial charge is 0.478 e. The first kappa shape index (κ1) is 13.7. The molecule has 1 heterocycles. The molecule has 0 bridgehead atoms. The molecule has 1 atom stereocenters. The fourth-order valence-electron chi connectivity index (χ4n) is 1.37. The van der Waals surface area contributed by atoms with E-state index in [9.17, 15) is 4.79 Å². The number of aromatic nitrogens is 1. The van der Waals surface area contributed by atoms with Crippen molar-refractivity contribution in [3.63, 3.8) is 0 Å². The molecule has 94 valence electrons. The van der Waals surface area contributed by atoms with E-state index in [1.54, 1.807) is 7.11 Å². The van der Waals surface area contributed by atoms with Gasteiger partial charge in [-0.2, -0.15) is 0 Å². The number of nitrogens with zero attached hydrogens (tertiary/aromatic N) is 2. The summed E-state index contributed by atoms with van der Waals surface area (Å²) in [5.74, 6) is -0.511. The third-order valence-corrected chi connectivity index (χ3v) is 2.65. The third kappa shape index (κ3) is 3.57. The number of carboxylic acid groups (broad SMARTS) is 1. The number of pyridine rings is 1. The van der Waals surface area contributed by atoms with Crippen molar-refractivity contribution in [2.24, 2.45) is 0 Å². The van der Waals surface area contributed by atoms with Crippen molar-refractivity contribution in [3.05, 3.63) is 22.8 Å². The van der Waals surface area contributed by atoms with Crippen molar-refractivity contribution in [1.29, 1.82) is 0 Å². The predicted octanol–water partition coefficient (Wildman–Crippen LogP) is 1.90. The Hall–Kier alpha value is -1.33. The van der Waals surface area contributed by atoms with Gasteiger partial charge in [-0.3, -0.25) is 0 Å². The van der Waals surface area contributed by atoms with Crippen LogP contribution in [-0.2, 0) is 4.74 Å². The van der Waals surface area contributed by atoms with Crippen LogP contribution in [0.5, 0.6) is 0 Å². The Morgan fingerprint density at radius 2 is 2.29 bits per heavy atom. The minimum absolute atomic E-state index is 0.0765. The van der Waals surface area contributed by atoms with Crippen LogP contribution in [0.4, 0.5) is 5.82 Å². The molecule has 0 aliphatic rings. The zero-order valence-corrected chi connectivity index (χ0v) is 10.7. The Balaban J connectivity index is 3.01. The fraction of sp³-hybridized carbons (Fsp3) is 0.455. The first-order valence-electron chi connectivity index (χ1n) is 5.08. The summed E-state index contributed by atoms with van der Waals surface area (Å²) < 4.78 is 5.04. The van der Waals surface area contributed by atoms with Gasteiger partial charge in [-0.05, 0) is 19.1 Å². The first-order chi connectivity index (χ1) is 7.95. The lowest BCUT2D eigenvalue weighted by Crippen LogP contribution is -2.33. The van der Waals surface area contributed by atoms with Gasteiger partial charge in [0.1, 0.15) is 11.0 Å². The number of carbonyl (C=O) groups is 1. The number of halogens is 1. The van der Waals surface area contributed by atoms with E-state index in [0.717, 1.165) is 0 Å². The van der Waals surface area contributed by atoms with Crippen LogP contribution in [0.3, 0.4) is 0 Å². The van der Waals surface area contributed by atoms with Crippen molar-refractivity contribution in [2.75, 3.05) is 25.7 Å². The monoisotopic (exact) mass is 258 g/mol. The molecule has 17 heavy (non-hydrogen) atoms. The van der Waals surface area contributed by atoms with Crippen LogP contribution in [0.25, 0.3) is 0 Å². The maximum atomic E-state index is 10.9. The number of aromatic carboxylic acids is 1. The fourth-order valence-corrected chi connectivity index (χ4v) is 1.57. The number of hydrogen-bond acceptors (Lipinski definition) is 4. The van der Waals surface area contributed by atoms with Crippen LogP contribution in [0.2, 0.25) is 5.15 Å². The summed E-state index contributed by atoms with van der Waals surface area (Å²) in [5, 5.41) is 9.09. The third-order valence-electron chi connectivity index (χ3n) is 2.46. The summed E-state index contributed by atoms with van der Waals surface area (Å²) in [6.07, 6.45) is 0. The van der Waals surface area contributed by atoms with Crippen molar-refractivity contribution in [3.8, 4) is 0 Å². The SMILES string of the molecule is COCC(C)N(C)c1cc(C(=O)O)cc(Cl)n1. The highest BCUT2D eigenvalue weighted by molar-refractivity contribution is 6.29. The zero-order valence-electron chi connectivity index (χ0n) is 9.98. The lowest BCUT2D eigenvalue weighted by molar-refractivity contribution is 0.0697. The number of ether oxygens (including phenoxy) is 1. The molecule has 1 aromatic rings. The van der Waals surface area contributed by atoms with E-state index in [2.05, 4.69) is 4.98 Å². The molecule has 1 N–H and O–H groups in total. The second-order valence-corrected chi connectivity index (χ2v) is 4.14. The highest BCUT2D eigenvalue weighted by Crippen LogP contribution is 2.19. The molecule has 0 aromatic carbocycles. The quantitative estimate of drug-likeness (QED) is 0.818. The molecule has 0 amide bonds. The highest BCUT2D eigenvalue weighted by atomic mass is 35.5. The minimum Gasteiger partial charge on any atom is -0.478 e. The lowest BCUT2D eigenvalue weighted by Gasteiger charge is -2.25. The van der Waals surface area contributed by atoms with Gasteiger partial charge in [0.2, 0.25) is 0 Å². The molecule has 0 radical (unpaired) electrons. The van der Waals surface area contributed by atoms with Gasteiger partial charge in [0.25, 0.3) is 0 Å². The van der Waals surface area contributed by atoms with E-state index in [0.29, 0.717) is 12.4 Å². The Morgan fingerprint density at radius 3 is 2.82 bits per heavy atom. The smallest absolute Gasteiger partial charge is 0.335 e. The molecule has 1 unspecified atom stereocenters. The molecule has 0 fully saturated rings. The molecule has 0 saturated carbocycles. The second kappa shape index (κ2) is 5.84. The molecule has 0 aliphatic heterocycles. The van der Waals surface area contributed by atoms with Crippen LogP contribution in [0.1, 0.15) is 17.3 Å². The van der Waals surface area contributed by atoms with Gasteiger partial charge in [-0.15, -0.1) is 0 Å². The molecule has 0 spiro atoms. The number of likely N-dealkylation sites (N-methyl/N-ethyl adjacent to an activating group) is 1. The Labute approximate surface area is 105 Å². The maximum absolute atomic E-state index is 10.9. The number of hydrogen-bond donors (Lipinski definition) is 1. The van der Waals surface area contributed by atoms with Crippen LogP contribution in [0.15, 0.2) is 12.1 Å². The van der Waals surface area contributed by atoms with E-state index in [1.165, 1.54) is 12.1 Å². The van der Waals surface area contributed by atoms with E-state index in [1.807, 2.05) is 18.9 Å². The first-order valence-corrected chi connectivity index (χ1v) is 5.46. The summed E-state index contributed by atoms with van der Waals surface area (Å²) in [6.45, 7) is 2.47. The Kier molecular flexibility index (Phi) is 4.72. The highest BCUT2D eigenvalue weighted by Gasteiger charge is 2.14. The zero-order chi connectivity index (χ0) is 13.0. The van der Waals surface area contributed by atoms with Crippen LogP contribution in [-0.4, -0.2) is 42.9 Å². The Morgan fingerprint density at radius 1 is 1.65 bits per heavy atom. The summed E-state index contributed by atoms with van der Waals surface area (Å²) in [5.41, 5.74) is 0.122. The normalized spacial score (nSPS) is 12.2. The van der Waals surface area contributed by atoms with Gasteiger partial charge >= 0.3 is 5.97 Å². The Bertz CT molecular complexity index is 412. The number of anilines is 1. The van der Waals surface area contributed by atoms with E-state index >= 15 is 0 Å². The molecule has 0 saturated heterocycles. The molecular weight excluding hydrogens is 244 g/mol. The average Bonchev–Trinajstić information content (AvgIpc) is 2.27. The molecule has 1 aromatic heterocycles. The van der Waals surface area contributed by atoms with Gasteiger partial charge in [-0.1, -0.05) is 11.6 Å². The molecule has 6 heteroatoms. The minimum atomic E-state index is -1.02. The summed E-state index contributed by atoms with van der Waals surface area (Å²) in [6, 6.07) is 2.88. The van der Waals surface area contributed by atoms with Crippen LogP contribution < -0.4 is 4.90 Å². The van der Waals surface area contributed by atoms with Crippen LogP contribution in [0, 0.1) is 0 Å². The number of methoxy groups -OCH3 is 1. The van der Waals surface area contributed by atoms with Gasteiger partial charge in [0.15, 0.2) is 0 Å². The van der Waals surface area contributed by atoms with Gasteiger partial charge in [-0.25, -0.2) is 9.78 Å².